The molecule has 2 spiro atoms. The number of aromatic nitrogens is 5. The van der Waals surface area contributed by atoms with E-state index in [1.165, 1.54) is 4.68 Å². The molecule has 2 aromatic heterocycles. The van der Waals surface area contributed by atoms with Gasteiger partial charge in [0.05, 0.1) is 17.5 Å². The fourth-order valence-electron chi connectivity index (χ4n) is 7.22. The van der Waals surface area contributed by atoms with Gasteiger partial charge in [-0.1, -0.05) is 0 Å². The molecule has 2 amide bonds. The molecule has 194 valence electrons. The highest BCUT2D eigenvalue weighted by molar-refractivity contribution is 5.77. The predicted molar refractivity (Wildman–Crippen MR) is 120 cm³/mol. The van der Waals surface area contributed by atoms with Crippen molar-refractivity contribution in [2.75, 3.05) is 26.2 Å². The van der Waals surface area contributed by atoms with Gasteiger partial charge in [-0.25, -0.2) is 9.78 Å². The van der Waals surface area contributed by atoms with E-state index in [-0.39, 0.29) is 28.5 Å². The van der Waals surface area contributed by atoms with Gasteiger partial charge in [-0.15, -0.1) is 0 Å². The van der Waals surface area contributed by atoms with Crippen LogP contribution in [0, 0.1) is 16.7 Å². The standard InChI is InChI=1S/C24H30F3N7O2/c1-32-17(16(9-28-32)24(25,26)27)4-14-5-21(6-14)10-33(11-21)20(35)34-12-22(13-34)7-15(8-22)18-29-19(31-30-18)23(36)2-3-23/h9,14-15,36H,2-8,10-13H2,1H3,(H,29,30,31). The van der Waals surface area contributed by atoms with Crippen LogP contribution in [-0.4, -0.2) is 72.1 Å². The van der Waals surface area contributed by atoms with Crippen LogP contribution in [0.25, 0.3) is 0 Å². The maximum absolute atomic E-state index is 13.2. The third-order valence-electron chi connectivity index (χ3n) is 9.33. The molecule has 0 bridgehead atoms. The highest BCUT2D eigenvalue weighted by Gasteiger charge is 2.59. The molecule has 9 nitrogen and oxygen atoms in total. The number of carbonyl (C=O) groups is 1. The number of likely N-dealkylation sites (tertiary alicyclic amines) is 2. The lowest BCUT2D eigenvalue weighted by Crippen LogP contribution is -2.71. The van der Waals surface area contributed by atoms with Crippen LogP contribution in [-0.2, 0) is 25.2 Å². The van der Waals surface area contributed by atoms with Crippen molar-refractivity contribution in [3.05, 3.63) is 29.1 Å². The van der Waals surface area contributed by atoms with Crippen LogP contribution in [0.2, 0.25) is 0 Å². The van der Waals surface area contributed by atoms with Gasteiger partial charge < -0.3 is 14.9 Å². The van der Waals surface area contributed by atoms with Crippen molar-refractivity contribution < 1.29 is 23.1 Å². The van der Waals surface area contributed by atoms with Crippen LogP contribution >= 0.6 is 0 Å². The minimum absolute atomic E-state index is 0.0804. The zero-order valence-corrected chi connectivity index (χ0v) is 20.2. The lowest BCUT2D eigenvalue weighted by atomic mass is 9.56. The molecule has 0 aromatic carbocycles. The van der Waals surface area contributed by atoms with E-state index in [1.807, 2.05) is 9.80 Å². The van der Waals surface area contributed by atoms with Gasteiger partial charge in [0.25, 0.3) is 0 Å². The molecule has 2 aliphatic heterocycles. The van der Waals surface area contributed by atoms with E-state index in [4.69, 9.17) is 0 Å². The number of hydrogen-bond donors (Lipinski definition) is 2. The fourth-order valence-corrected chi connectivity index (χ4v) is 7.22. The van der Waals surface area contributed by atoms with Gasteiger partial charge in [-0.3, -0.25) is 9.78 Å². The molecule has 36 heavy (non-hydrogen) atoms. The number of nitrogens with zero attached hydrogens (tertiary/aromatic N) is 6. The van der Waals surface area contributed by atoms with Crippen molar-refractivity contribution in [1.82, 2.24) is 34.8 Å². The predicted octanol–water partition coefficient (Wildman–Crippen LogP) is 2.79. The molecule has 12 heteroatoms. The summed E-state index contributed by atoms with van der Waals surface area (Å²) in [5.41, 5.74) is -0.950. The number of carbonyl (C=O) groups excluding carboxylic acids is 1. The number of nitrogens with one attached hydrogen (secondary N) is 1. The number of aromatic amines is 1. The number of aryl methyl sites for hydroxylation is 1. The van der Waals surface area contributed by atoms with Crippen LogP contribution in [0.5, 0.6) is 0 Å². The van der Waals surface area contributed by atoms with Crippen LogP contribution in [0.3, 0.4) is 0 Å². The van der Waals surface area contributed by atoms with Crippen LogP contribution < -0.4 is 0 Å². The minimum atomic E-state index is -4.38. The van der Waals surface area contributed by atoms with Crippen molar-refractivity contribution >= 4 is 6.03 Å². The Labute approximate surface area is 206 Å². The second-order valence-electron chi connectivity index (χ2n) is 12.3. The molecule has 3 aliphatic carbocycles. The zero-order chi connectivity index (χ0) is 25.1. The van der Waals surface area contributed by atoms with E-state index < -0.39 is 17.3 Å². The summed E-state index contributed by atoms with van der Waals surface area (Å²) >= 11 is 0. The first-order valence-electron chi connectivity index (χ1n) is 12.7. The molecule has 0 radical (unpaired) electrons. The molecular weight excluding hydrogens is 475 g/mol. The quantitative estimate of drug-likeness (QED) is 0.665. The maximum atomic E-state index is 13.2. The van der Waals surface area contributed by atoms with Crippen molar-refractivity contribution in [2.45, 2.75) is 62.6 Å². The van der Waals surface area contributed by atoms with Gasteiger partial charge in [0.15, 0.2) is 5.82 Å². The zero-order valence-electron chi connectivity index (χ0n) is 20.2. The number of rotatable bonds is 4. The molecule has 5 fully saturated rings. The average molecular weight is 506 g/mol. The largest absolute Gasteiger partial charge is 0.419 e. The van der Waals surface area contributed by atoms with Crippen LogP contribution in [0.4, 0.5) is 18.0 Å². The highest BCUT2D eigenvalue weighted by atomic mass is 19.4. The average Bonchev–Trinajstić information content (AvgIpc) is 3.10. The van der Waals surface area contributed by atoms with Crippen molar-refractivity contribution in [3.8, 4) is 0 Å². The Bertz CT molecular complexity index is 1200. The monoisotopic (exact) mass is 505 g/mol. The summed E-state index contributed by atoms with van der Waals surface area (Å²) in [6.07, 6.45) is 2.03. The van der Waals surface area contributed by atoms with Gasteiger partial charge >= 0.3 is 12.2 Å². The van der Waals surface area contributed by atoms with Crippen molar-refractivity contribution in [3.63, 3.8) is 0 Å². The lowest BCUT2D eigenvalue weighted by Gasteiger charge is -2.63. The molecule has 2 N–H and O–H groups in total. The SMILES string of the molecule is Cn1ncc(C(F)(F)F)c1CC1CC2(C1)CN(C(=O)N1CC3(CC(c4nc(C5(O)CC5)n[nH]4)C3)C1)C2. The minimum Gasteiger partial charge on any atom is -0.382 e. The third-order valence-corrected chi connectivity index (χ3v) is 9.33. The van der Waals surface area contributed by atoms with Crippen molar-refractivity contribution in [2.24, 2.45) is 23.8 Å². The first-order chi connectivity index (χ1) is 17.0. The molecular formula is C24H30F3N7O2. The Kier molecular flexibility index (Phi) is 4.40. The smallest absolute Gasteiger partial charge is 0.382 e. The number of alkyl halides is 3. The number of amides is 2. The Morgan fingerprint density at radius 3 is 2.31 bits per heavy atom. The number of hydrogen-bond acceptors (Lipinski definition) is 5. The molecule has 5 aliphatic rings. The number of urea groups is 1. The molecule has 7 rings (SSSR count). The second-order valence-corrected chi connectivity index (χ2v) is 12.3. The van der Waals surface area contributed by atoms with Gasteiger partial charge in [-0.05, 0) is 50.9 Å². The number of halogens is 3. The maximum Gasteiger partial charge on any atom is 0.419 e. The summed E-state index contributed by atoms with van der Waals surface area (Å²) in [5.74, 6) is 1.87. The molecule has 4 heterocycles. The lowest BCUT2D eigenvalue weighted by molar-refractivity contribution is -0.138. The van der Waals surface area contributed by atoms with Crippen LogP contribution in [0.1, 0.15) is 67.3 Å². The van der Waals surface area contributed by atoms with E-state index in [2.05, 4.69) is 20.3 Å². The molecule has 0 atom stereocenters. The van der Waals surface area contributed by atoms with Crippen molar-refractivity contribution in [1.29, 1.82) is 0 Å². The van der Waals surface area contributed by atoms with Crippen LogP contribution in [0.15, 0.2) is 6.20 Å². The molecule has 0 unspecified atom stereocenters. The Morgan fingerprint density at radius 1 is 1.11 bits per heavy atom. The fraction of sp³-hybridized carbons (Fsp3) is 0.750. The summed E-state index contributed by atoms with van der Waals surface area (Å²) < 4.78 is 41.1. The third kappa shape index (κ3) is 3.39. The molecule has 2 saturated heterocycles. The van der Waals surface area contributed by atoms with Gasteiger partial charge in [0, 0.05) is 50.0 Å². The van der Waals surface area contributed by atoms with E-state index in [9.17, 15) is 23.1 Å². The number of aliphatic hydroxyl groups is 1. The van der Waals surface area contributed by atoms with E-state index in [1.54, 1.807) is 7.05 Å². The van der Waals surface area contributed by atoms with Gasteiger partial charge in [0.2, 0.25) is 0 Å². The molecule has 3 saturated carbocycles. The second kappa shape index (κ2) is 7.02. The summed E-state index contributed by atoms with van der Waals surface area (Å²) in [7, 11) is 1.56. The molecule has 2 aromatic rings. The summed E-state index contributed by atoms with van der Waals surface area (Å²) in [4.78, 5) is 21.3. The number of H-pyrrole nitrogens is 1. The van der Waals surface area contributed by atoms with E-state index in [0.29, 0.717) is 31.3 Å². The first kappa shape index (κ1) is 22.6. The van der Waals surface area contributed by atoms with Gasteiger partial charge in [0.1, 0.15) is 11.4 Å². The topological polar surface area (TPSA) is 103 Å². The Hall–Kier alpha value is -2.63. The Balaban J connectivity index is 0.864. The van der Waals surface area contributed by atoms with Gasteiger partial charge in [-0.2, -0.15) is 23.4 Å². The Morgan fingerprint density at radius 2 is 1.72 bits per heavy atom. The summed E-state index contributed by atoms with van der Waals surface area (Å²) in [6, 6.07) is 0.0852. The normalized spacial score (nSPS) is 25.9. The van der Waals surface area contributed by atoms with E-state index in [0.717, 1.165) is 63.6 Å². The first-order valence-corrected chi connectivity index (χ1v) is 12.7. The summed E-state index contributed by atoms with van der Waals surface area (Å²) in [5, 5.41) is 21.2. The van der Waals surface area contributed by atoms with E-state index >= 15 is 0 Å². The summed E-state index contributed by atoms with van der Waals surface area (Å²) in [6.45, 7) is 2.94. The highest BCUT2D eigenvalue weighted by Crippen LogP contribution is 2.57.